The van der Waals surface area contributed by atoms with E-state index in [0.717, 1.165) is 68.4 Å². The number of fused-ring (bicyclic) bond motifs is 1. The van der Waals surface area contributed by atoms with Crippen LogP contribution in [-0.2, 0) is 20.4 Å². The number of esters is 1. The van der Waals surface area contributed by atoms with Crippen LogP contribution in [0.15, 0.2) is 47.6 Å². The van der Waals surface area contributed by atoms with Gasteiger partial charge in [0.05, 0.1) is 12.7 Å². The van der Waals surface area contributed by atoms with Crippen molar-refractivity contribution in [2.24, 2.45) is 0 Å². The van der Waals surface area contributed by atoms with Crippen LogP contribution in [0.2, 0.25) is 0 Å². The highest BCUT2D eigenvalue weighted by Gasteiger charge is 2.37. The SMILES string of the molecule is COC(=O)/C=C(\C=C\C1=C(c2ccc3c(c2)C(C)(C)CCC3(C)C)CCCC1)C(F)(F)F. The Hall–Kier alpha value is -2.30. The lowest BCUT2D eigenvalue weighted by molar-refractivity contribution is -0.135. The lowest BCUT2D eigenvalue weighted by Gasteiger charge is -2.42. The summed E-state index contributed by atoms with van der Waals surface area (Å²) in [5, 5.41) is 0. The highest BCUT2D eigenvalue weighted by molar-refractivity contribution is 5.83. The van der Waals surface area contributed by atoms with Crippen LogP contribution < -0.4 is 0 Å². The zero-order valence-electron chi connectivity index (χ0n) is 19.7. The average Bonchev–Trinajstić information content (AvgIpc) is 2.73. The Morgan fingerprint density at radius 2 is 1.62 bits per heavy atom. The van der Waals surface area contributed by atoms with Crippen molar-refractivity contribution in [3.05, 3.63) is 64.3 Å². The van der Waals surface area contributed by atoms with Crippen molar-refractivity contribution in [2.75, 3.05) is 7.11 Å². The summed E-state index contributed by atoms with van der Waals surface area (Å²) in [7, 11) is 1.07. The highest BCUT2D eigenvalue weighted by Crippen LogP contribution is 2.47. The van der Waals surface area contributed by atoms with E-state index in [1.54, 1.807) is 0 Å². The lowest BCUT2D eigenvalue weighted by Crippen LogP contribution is -2.33. The van der Waals surface area contributed by atoms with Crippen molar-refractivity contribution in [3.63, 3.8) is 0 Å². The first-order chi connectivity index (χ1) is 14.8. The molecule has 3 rings (SSSR count). The monoisotopic (exact) mass is 446 g/mol. The molecule has 0 N–H and O–H groups in total. The second kappa shape index (κ2) is 8.92. The number of ether oxygens (including phenoxy) is 1. The van der Waals surface area contributed by atoms with Gasteiger partial charge in [-0.05, 0) is 83.3 Å². The first-order valence-corrected chi connectivity index (χ1v) is 11.3. The summed E-state index contributed by atoms with van der Waals surface area (Å²) in [6.45, 7) is 9.10. The maximum Gasteiger partial charge on any atom is 0.416 e. The summed E-state index contributed by atoms with van der Waals surface area (Å²) in [5.74, 6) is -1.01. The van der Waals surface area contributed by atoms with Gasteiger partial charge in [0.25, 0.3) is 0 Å². The summed E-state index contributed by atoms with van der Waals surface area (Å²) in [4.78, 5) is 11.4. The number of allylic oxidation sites excluding steroid dienone is 5. The van der Waals surface area contributed by atoms with E-state index < -0.39 is 17.7 Å². The van der Waals surface area contributed by atoms with Crippen LogP contribution in [0, 0.1) is 0 Å². The molecule has 2 aliphatic rings. The van der Waals surface area contributed by atoms with Gasteiger partial charge in [-0.2, -0.15) is 13.2 Å². The van der Waals surface area contributed by atoms with Crippen LogP contribution in [0.3, 0.4) is 0 Å². The Labute approximate surface area is 189 Å². The molecule has 0 heterocycles. The molecule has 5 heteroatoms. The van der Waals surface area contributed by atoms with Crippen molar-refractivity contribution in [2.45, 2.75) is 83.2 Å². The smallest absolute Gasteiger partial charge is 0.416 e. The van der Waals surface area contributed by atoms with E-state index in [1.165, 1.54) is 17.2 Å². The number of benzene rings is 1. The van der Waals surface area contributed by atoms with Gasteiger partial charge in [-0.15, -0.1) is 0 Å². The molecule has 0 saturated heterocycles. The summed E-state index contributed by atoms with van der Waals surface area (Å²) < 4.78 is 44.6. The van der Waals surface area contributed by atoms with Crippen molar-refractivity contribution in [3.8, 4) is 0 Å². The number of rotatable bonds is 4. The van der Waals surface area contributed by atoms with E-state index in [9.17, 15) is 18.0 Å². The fraction of sp³-hybridized carbons (Fsp3) is 0.519. The maximum absolute atomic E-state index is 13.4. The van der Waals surface area contributed by atoms with Gasteiger partial charge in [-0.1, -0.05) is 52.0 Å². The fourth-order valence-corrected chi connectivity index (χ4v) is 4.82. The topological polar surface area (TPSA) is 26.3 Å². The predicted molar refractivity (Wildman–Crippen MR) is 122 cm³/mol. The molecule has 1 aromatic carbocycles. The third-order valence-electron chi connectivity index (χ3n) is 6.98. The van der Waals surface area contributed by atoms with Gasteiger partial charge >= 0.3 is 12.1 Å². The summed E-state index contributed by atoms with van der Waals surface area (Å²) in [6.07, 6.45) is 4.17. The maximum atomic E-state index is 13.4. The van der Waals surface area contributed by atoms with E-state index in [0.29, 0.717) is 6.08 Å². The number of carbonyl (C=O) groups is 1. The van der Waals surface area contributed by atoms with Gasteiger partial charge in [0, 0.05) is 6.08 Å². The molecule has 174 valence electrons. The minimum atomic E-state index is -4.62. The molecule has 0 atom stereocenters. The Morgan fingerprint density at radius 3 is 2.25 bits per heavy atom. The third kappa shape index (κ3) is 5.19. The van der Waals surface area contributed by atoms with Gasteiger partial charge in [-0.25, -0.2) is 4.79 Å². The molecule has 2 nitrogen and oxygen atoms in total. The number of methoxy groups -OCH3 is 1. The van der Waals surface area contributed by atoms with Gasteiger partial charge in [0.1, 0.15) is 0 Å². The summed E-state index contributed by atoms with van der Waals surface area (Å²) in [6, 6.07) is 6.61. The molecular weight excluding hydrogens is 413 g/mol. The Kier molecular flexibility index (Phi) is 6.78. The highest BCUT2D eigenvalue weighted by atomic mass is 19.4. The van der Waals surface area contributed by atoms with Gasteiger partial charge < -0.3 is 4.74 Å². The van der Waals surface area contributed by atoms with Crippen LogP contribution in [0.1, 0.15) is 82.9 Å². The van der Waals surface area contributed by atoms with Crippen molar-refractivity contribution in [1.29, 1.82) is 0 Å². The zero-order valence-corrected chi connectivity index (χ0v) is 19.7. The molecular formula is C27H33F3O2. The zero-order chi connectivity index (χ0) is 23.7. The molecule has 0 radical (unpaired) electrons. The number of halogens is 3. The van der Waals surface area contributed by atoms with Crippen LogP contribution in [-0.4, -0.2) is 19.3 Å². The first kappa shape index (κ1) is 24.3. The first-order valence-electron chi connectivity index (χ1n) is 11.3. The van der Waals surface area contributed by atoms with E-state index in [1.807, 2.05) is 0 Å². The largest absolute Gasteiger partial charge is 0.466 e. The van der Waals surface area contributed by atoms with E-state index >= 15 is 0 Å². The number of alkyl halides is 3. The van der Waals surface area contributed by atoms with Gasteiger partial charge in [0.2, 0.25) is 0 Å². The number of hydrogen-bond donors (Lipinski definition) is 0. The molecule has 0 bridgehead atoms. The average molecular weight is 447 g/mol. The van der Waals surface area contributed by atoms with Crippen LogP contribution in [0.4, 0.5) is 13.2 Å². The van der Waals surface area contributed by atoms with E-state index in [4.69, 9.17) is 0 Å². The van der Waals surface area contributed by atoms with Crippen molar-refractivity contribution < 1.29 is 22.7 Å². The minimum Gasteiger partial charge on any atom is -0.466 e. The van der Waals surface area contributed by atoms with Crippen LogP contribution in [0.25, 0.3) is 5.57 Å². The van der Waals surface area contributed by atoms with Gasteiger partial charge in [-0.3, -0.25) is 0 Å². The molecule has 0 amide bonds. The van der Waals surface area contributed by atoms with Crippen molar-refractivity contribution in [1.82, 2.24) is 0 Å². The molecule has 2 aliphatic carbocycles. The molecule has 0 saturated carbocycles. The fourth-order valence-electron chi connectivity index (χ4n) is 4.82. The molecule has 0 unspecified atom stereocenters. The Bertz CT molecular complexity index is 975. The minimum absolute atomic E-state index is 0.0683. The Balaban J connectivity index is 2.06. The van der Waals surface area contributed by atoms with Crippen molar-refractivity contribution >= 4 is 11.5 Å². The third-order valence-corrected chi connectivity index (χ3v) is 6.98. The lowest BCUT2D eigenvalue weighted by atomic mass is 9.62. The van der Waals surface area contributed by atoms with Gasteiger partial charge in [0.15, 0.2) is 0 Å². The quantitative estimate of drug-likeness (QED) is 0.271. The van der Waals surface area contributed by atoms with Crippen LogP contribution in [0.5, 0.6) is 0 Å². The molecule has 1 aromatic rings. The van der Waals surface area contributed by atoms with E-state index in [-0.39, 0.29) is 10.8 Å². The predicted octanol–water partition coefficient (Wildman–Crippen LogP) is 7.58. The second-order valence-corrected chi connectivity index (χ2v) is 10.2. The van der Waals surface area contributed by atoms with E-state index in [2.05, 4.69) is 50.6 Å². The standard InChI is InChI=1S/C27H33F3O2/c1-25(2)14-15-26(3,4)23-16-19(11-13-22(23)25)21-9-7-6-8-18(21)10-12-20(27(28,29)30)17-24(31)32-5/h10-13,16-17H,6-9,14-15H2,1-5H3/b12-10+,20-17+. The molecule has 0 aliphatic heterocycles. The molecule has 0 spiro atoms. The number of carbonyl (C=O) groups excluding carboxylic acids is 1. The molecule has 0 fully saturated rings. The Morgan fingerprint density at radius 1 is 1.00 bits per heavy atom. The molecule has 0 aromatic heterocycles. The molecule has 32 heavy (non-hydrogen) atoms. The second-order valence-electron chi connectivity index (χ2n) is 10.2. The summed E-state index contributed by atoms with van der Waals surface area (Å²) in [5.41, 5.74) is 5.00. The summed E-state index contributed by atoms with van der Waals surface area (Å²) >= 11 is 0. The van der Waals surface area contributed by atoms with Crippen LogP contribution >= 0.6 is 0 Å². The normalized spacial score (nSPS) is 20.9. The number of hydrogen-bond acceptors (Lipinski definition) is 2.